The van der Waals surface area contributed by atoms with Crippen molar-refractivity contribution in [3.05, 3.63) is 35.4 Å². The zero-order valence-corrected chi connectivity index (χ0v) is 14.0. The van der Waals surface area contributed by atoms with E-state index in [0.717, 1.165) is 32.4 Å². The van der Waals surface area contributed by atoms with E-state index in [1.165, 1.54) is 11.1 Å². The zero-order chi connectivity index (χ0) is 15.3. The zero-order valence-electron chi connectivity index (χ0n) is 13.1. The third-order valence-electron chi connectivity index (χ3n) is 4.35. The van der Waals surface area contributed by atoms with Crippen LogP contribution in [0.3, 0.4) is 0 Å². The molecule has 1 aromatic carbocycles. The third kappa shape index (κ3) is 5.11. The minimum absolute atomic E-state index is 0.305. The minimum atomic E-state index is -2.80. The van der Waals surface area contributed by atoms with E-state index in [4.69, 9.17) is 0 Å². The van der Waals surface area contributed by atoms with E-state index in [-0.39, 0.29) is 0 Å². The van der Waals surface area contributed by atoms with Crippen LogP contribution in [0.1, 0.15) is 30.9 Å². The van der Waals surface area contributed by atoms with E-state index < -0.39 is 9.84 Å². The van der Waals surface area contributed by atoms with Crippen LogP contribution >= 0.6 is 0 Å². The van der Waals surface area contributed by atoms with E-state index in [9.17, 15) is 8.42 Å². The van der Waals surface area contributed by atoms with E-state index in [2.05, 4.69) is 43.4 Å². The van der Waals surface area contributed by atoms with Gasteiger partial charge in [0, 0.05) is 0 Å². The summed E-state index contributed by atoms with van der Waals surface area (Å²) < 4.78 is 23.5. The Morgan fingerprint density at radius 3 is 2.81 bits per heavy atom. The molecule has 0 bridgehead atoms. The molecule has 2 unspecified atom stereocenters. The summed E-state index contributed by atoms with van der Waals surface area (Å²) in [7, 11) is -2.80. The van der Waals surface area contributed by atoms with Crippen molar-refractivity contribution in [2.45, 2.75) is 33.1 Å². The molecule has 1 aromatic rings. The quantitative estimate of drug-likeness (QED) is 0.788. The van der Waals surface area contributed by atoms with Crippen LogP contribution in [0.4, 0.5) is 0 Å². The van der Waals surface area contributed by atoms with Gasteiger partial charge < -0.3 is 5.32 Å². The summed E-state index contributed by atoms with van der Waals surface area (Å²) in [5, 5.41) is 3.48. The summed E-state index contributed by atoms with van der Waals surface area (Å²) in [5.41, 5.74) is 2.59. The van der Waals surface area contributed by atoms with Crippen molar-refractivity contribution in [1.29, 1.82) is 0 Å². The number of hydrogen-bond donors (Lipinski definition) is 1. The average molecular weight is 309 g/mol. The van der Waals surface area contributed by atoms with E-state index >= 15 is 0 Å². The van der Waals surface area contributed by atoms with Gasteiger partial charge in [0.05, 0.1) is 11.5 Å². The molecule has 3 nitrogen and oxygen atoms in total. The van der Waals surface area contributed by atoms with E-state index in [0.29, 0.717) is 23.3 Å². The van der Waals surface area contributed by atoms with E-state index in [1.54, 1.807) is 0 Å². The lowest BCUT2D eigenvalue weighted by atomic mass is 9.86. The Hall–Kier alpha value is -0.870. The summed E-state index contributed by atoms with van der Waals surface area (Å²) in [4.78, 5) is 0. The second-order valence-electron chi connectivity index (χ2n) is 6.32. The predicted octanol–water partition coefficient (Wildman–Crippen LogP) is 2.59. The second-order valence-corrected chi connectivity index (χ2v) is 8.55. The number of hydrogen-bond acceptors (Lipinski definition) is 3. The Morgan fingerprint density at radius 1 is 1.38 bits per heavy atom. The Balaban J connectivity index is 2.05. The van der Waals surface area contributed by atoms with Gasteiger partial charge >= 0.3 is 0 Å². The van der Waals surface area contributed by atoms with Crippen molar-refractivity contribution in [2.75, 3.05) is 24.6 Å². The highest BCUT2D eigenvalue weighted by molar-refractivity contribution is 7.91. The lowest BCUT2D eigenvalue weighted by molar-refractivity contribution is 0.343. The highest BCUT2D eigenvalue weighted by Gasteiger charge is 2.33. The molecule has 4 heteroatoms. The first-order valence-corrected chi connectivity index (χ1v) is 9.79. The van der Waals surface area contributed by atoms with Crippen molar-refractivity contribution in [3.63, 3.8) is 0 Å². The molecule has 2 rings (SSSR count). The van der Waals surface area contributed by atoms with Gasteiger partial charge in [0.25, 0.3) is 0 Å². The van der Waals surface area contributed by atoms with Crippen LogP contribution in [0.5, 0.6) is 0 Å². The van der Waals surface area contributed by atoms with Gasteiger partial charge in [-0.2, -0.15) is 0 Å². The van der Waals surface area contributed by atoms with Gasteiger partial charge in [-0.05, 0) is 56.7 Å². The van der Waals surface area contributed by atoms with Gasteiger partial charge in [-0.1, -0.05) is 36.8 Å². The van der Waals surface area contributed by atoms with E-state index in [1.807, 2.05) is 0 Å². The van der Waals surface area contributed by atoms with Crippen molar-refractivity contribution >= 4 is 9.84 Å². The topological polar surface area (TPSA) is 46.2 Å². The molecule has 1 heterocycles. The molecular formula is C17H27NO2S. The fourth-order valence-electron chi connectivity index (χ4n) is 3.21. The molecule has 0 saturated carbocycles. The van der Waals surface area contributed by atoms with Crippen LogP contribution in [0.15, 0.2) is 24.3 Å². The van der Waals surface area contributed by atoms with Crippen LogP contribution in [-0.4, -0.2) is 33.0 Å². The Bertz CT molecular complexity index is 554. The van der Waals surface area contributed by atoms with Gasteiger partial charge in [-0.15, -0.1) is 0 Å². The monoisotopic (exact) mass is 309 g/mol. The predicted molar refractivity (Wildman–Crippen MR) is 88.3 cm³/mol. The van der Waals surface area contributed by atoms with Crippen LogP contribution in [0.25, 0.3) is 0 Å². The standard InChI is InChI=1S/C17H27NO2S/c1-3-8-18-12-17(16-7-9-21(19,20)13-16)11-15-6-4-5-14(2)10-15/h4-6,10,16-18H,3,7-9,11-13H2,1-2H3. The number of nitrogens with one attached hydrogen (secondary N) is 1. The molecule has 0 aliphatic carbocycles. The van der Waals surface area contributed by atoms with Crippen molar-refractivity contribution in [2.24, 2.45) is 11.8 Å². The first-order chi connectivity index (χ1) is 10.00. The molecule has 0 radical (unpaired) electrons. The Labute approximate surface area is 129 Å². The number of rotatable bonds is 7. The van der Waals surface area contributed by atoms with Gasteiger partial charge in [-0.25, -0.2) is 8.42 Å². The van der Waals surface area contributed by atoms with Crippen LogP contribution in [-0.2, 0) is 16.3 Å². The maximum atomic E-state index is 11.8. The minimum Gasteiger partial charge on any atom is -0.316 e. The van der Waals surface area contributed by atoms with Crippen LogP contribution in [0.2, 0.25) is 0 Å². The molecule has 0 aromatic heterocycles. The molecule has 1 aliphatic heterocycles. The molecule has 0 amide bonds. The summed E-state index contributed by atoms with van der Waals surface area (Å²) in [6.45, 7) is 6.18. The largest absolute Gasteiger partial charge is 0.316 e. The lowest BCUT2D eigenvalue weighted by Gasteiger charge is -2.23. The molecule has 1 fully saturated rings. The molecule has 21 heavy (non-hydrogen) atoms. The SMILES string of the molecule is CCCNCC(Cc1cccc(C)c1)C1CCS(=O)(=O)C1. The highest BCUT2D eigenvalue weighted by Crippen LogP contribution is 2.28. The first kappa shape index (κ1) is 16.5. The van der Waals surface area contributed by atoms with Gasteiger partial charge in [-0.3, -0.25) is 0 Å². The van der Waals surface area contributed by atoms with Gasteiger partial charge in [0.15, 0.2) is 9.84 Å². The number of sulfone groups is 1. The second kappa shape index (κ2) is 7.41. The van der Waals surface area contributed by atoms with Crippen LogP contribution < -0.4 is 5.32 Å². The van der Waals surface area contributed by atoms with Crippen molar-refractivity contribution in [1.82, 2.24) is 5.32 Å². The first-order valence-electron chi connectivity index (χ1n) is 7.97. The summed E-state index contributed by atoms with van der Waals surface area (Å²) in [6.07, 6.45) is 2.91. The molecular weight excluding hydrogens is 282 g/mol. The number of aryl methyl sites for hydroxylation is 1. The van der Waals surface area contributed by atoms with Crippen molar-refractivity contribution in [3.8, 4) is 0 Å². The smallest absolute Gasteiger partial charge is 0.150 e. The lowest BCUT2D eigenvalue weighted by Crippen LogP contribution is -2.31. The highest BCUT2D eigenvalue weighted by atomic mass is 32.2. The van der Waals surface area contributed by atoms with Gasteiger partial charge in [0.1, 0.15) is 0 Å². The molecule has 1 N–H and O–H groups in total. The maximum absolute atomic E-state index is 11.8. The fraction of sp³-hybridized carbons (Fsp3) is 0.647. The van der Waals surface area contributed by atoms with Crippen LogP contribution in [0, 0.1) is 18.8 Å². The Morgan fingerprint density at radius 2 is 2.19 bits per heavy atom. The molecule has 2 atom stereocenters. The summed E-state index contributed by atoms with van der Waals surface area (Å²) in [6, 6.07) is 8.57. The summed E-state index contributed by atoms with van der Waals surface area (Å²) in [5.74, 6) is 1.46. The fourth-order valence-corrected chi connectivity index (χ4v) is 5.13. The summed E-state index contributed by atoms with van der Waals surface area (Å²) >= 11 is 0. The molecule has 0 spiro atoms. The Kier molecular flexibility index (Phi) is 5.82. The van der Waals surface area contributed by atoms with Gasteiger partial charge in [0.2, 0.25) is 0 Å². The normalized spacial score (nSPS) is 22.3. The third-order valence-corrected chi connectivity index (χ3v) is 6.14. The number of benzene rings is 1. The average Bonchev–Trinajstić information content (AvgIpc) is 2.78. The molecule has 118 valence electrons. The van der Waals surface area contributed by atoms with Crippen molar-refractivity contribution < 1.29 is 8.42 Å². The molecule has 1 aliphatic rings. The maximum Gasteiger partial charge on any atom is 0.150 e. The molecule has 1 saturated heterocycles.